The quantitative estimate of drug-likeness (QED) is 0.0405. The van der Waals surface area contributed by atoms with Gasteiger partial charge in [0, 0.05) is 31.3 Å². The van der Waals surface area contributed by atoms with Gasteiger partial charge in [0.1, 0.15) is 27.0 Å². The predicted molar refractivity (Wildman–Crippen MR) is 256 cm³/mol. The molecule has 5 aromatic rings. The first-order valence-electron chi connectivity index (χ1n) is 19.7. The second-order valence-electron chi connectivity index (χ2n) is 13.9. The molecular formula is C43H37Cl3IN7O13S. The van der Waals surface area contributed by atoms with Gasteiger partial charge in [-0.15, -0.1) is 0 Å². The minimum Gasteiger partial charge on any atom is -0.480 e. The van der Waals surface area contributed by atoms with Gasteiger partial charge in [-0.25, -0.2) is 37.2 Å². The number of carboxylic acids is 2. The highest BCUT2D eigenvalue weighted by Crippen LogP contribution is 2.37. The molecule has 1 aliphatic heterocycles. The summed E-state index contributed by atoms with van der Waals surface area (Å²) in [5, 5.41) is 21.3. The smallest absolute Gasteiger partial charge is 0.349 e. The van der Waals surface area contributed by atoms with E-state index in [1.54, 1.807) is 60.3 Å². The number of carbonyl (C=O) groups is 6. The molecule has 2 aromatic heterocycles. The average molecular weight is 1130 g/mol. The largest absolute Gasteiger partial charge is 0.480 e. The number of aromatic nitrogens is 4. The first-order valence-corrected chi connectivity index (χ1v) is 23.4. The maximum Gasteiger partial charge on any atom is 0.349 e. The number of nitrogens with zero attached hydrogens (tertiary/aromatic N) is 5. The first-order chi connectivity index (χ1) is 32.2. The molecule has 0 spiro atoms. The van der Waals surface area contributed by atoms with Crippen molar-refractivity contribution in [3.8, 4) is 11.8 Å². The number of rotatable bonds is 12. The second-order valence-corrected chi connectivity index (χ2v) is 18.0. The zero-order chi connectivity index (χ0) is 49.9. The third-order valence-corrected chi connectivity index (χ3v) is 12.2. The molecule has 0 unspecified atom stereocenters. The summed E-state index contributed by atoms with van der Waals surface area (Å²) < 4.78 is 41.7. The van der Waals surface area contributed by atoms with Crippen LogP contribution in [0.2, 0.25) is 10.0 Å². The Kier molecular flexibility index (Phi) is 18.1. The predicted octanol–water partition coefficient (Wildman–Crippen LogP) is 7.58. The van der Waals surface area contributed by atoms with E-state index < -0.39 is 51.0 Å². The Balaban J connectivity index is 0.000000196. The van der Waals surface area contributed by atoms with Crippen LogP contribution in [0.5, 0.6) is 11.8 Å². The number of urea groups is 1. The molecule has 25 heteroatoms. The summed E-state index contributed by atoms with van der Waals surface area (Å²) in [7, 11) is -3.14. The Morgan fingerprint density at radius 2 is 1.60 bits per heavy atom. The average Bonchev–Trinajstić information content (AvgIpc) is 3.55. The van der Waals surface area contributed by atoms with Crippen molar-refractivity contribution >= 4 is 132 Å². The second kappa shape index (κ2) is 23.5. The lowest BCUT2D eigenvalue weighted by atomic mass is 9.93. The van der Waals surface area contributed by atoms with Crippen LogP contribution in [0.15, 0.2) is 87.9 Å². The number of sulfonamides is 1. The van der Waals surface area contributed by atoms with E-state index in [4.69, 9.17) is 59.2 Å². The van der Waals surface area contributed by atoms with Gasteiger partial charge in [0.25, 0.3) is 21.8 Å². The van der Waals surface area contributed by atoms with Crippen molar-refractivity contribution in [2.45, 2.75) is 44.4 Å². The molecule has 0 atom stereocenters. The summed E-state index contributed by atoms with van der Waals surface area (Å²) in [6.07, 6.45) is 6.05. The molecule has 3 heterocycles. The SMILES string of the molecule is CCOC(=O)/C(Cl)=C/c1cc(N2C(=O)C3=C(CCCC3)C2=O)ccc1Cl.COc1nc(C)nc(NC(=O)NS(=O)(=O)c2cc(I)ccc2C(=O)O)n1.O=C(O)COc1ccc(Cl)c2cccnc12. The Bertz CT molecular complexity index is 2980. The number of amides is 4. The number of fused-ring (bicyclic) bond motifs is 1. The van der Waals surface area contributed by atoms with Crippen LogP contribution in [-0.4, -0.2) is 94.6 Å². The summed E-state index contributed by atoms with van der Waals surface area (Å²) in [6.45, 7) is 3.00. The molecule has 68 heavy (non-hydrogen) atoms. The fourth-order valence-electron chi connectivity index (χ4n) is 6.32. The van der Waals surface area contributed by atoms with E-state index in [9.17, 15) is 37.2 Å². The number of aromatic carboxylic acids is 1. The van der Waals surface area contributed by atoms with Crippen LogP contribution >= 0.6 is 57.4 Å². The number of esters is 1. The highest BCUT2D eigenvalue weighted by molar-refractivity contribution is 14.1. The van der Waals surface area contributed by atoms with Gasteiger partial charge in [0.15, 0.2) is 6.61 Å². The van der Waals surface area contributed by atoms with Crippen molar-refractivity contribution in [2.24, 2.45) is 0 Å². The number of aliphatic carboxylic acids is 1. The van der Waals surface area contributed by atoms with E-state index in [0.717, 1.165) is 30.4 Å². The summed E-state index contributed by atoms with van der Waals surface area (Å²) in [5.74, 6) is -3.27. The van der Waals surface area contributed by atoms with E-state index in [0.29, 0.717) is 60.1 Å². The molecule has 20 nitrogen and oxygen atoms in total. The van der Waals surface area contributed by atoms with Gasteiger partial charge in [-0.05, 0) is 134 Å². The van der Waals surface area contributed by atoms with E-state index in [1.165, 1.54) is 31.1 Å². The van der Waals surface area contributed by atoms with E-state index in [1.807, 2.05) is 22.6 Å². The Morgan fingerprint density at radius 3 is 2.24 bits per heavy atom. The maximum atomic E-state index is 12.7. The molecule has 7 rings (SSSR count). The fraction of sp³-hybridized carbons (Fsp3) is 0.209. The minimum atomic E-state index is -4.45. The Labute approximate surface area is 415 Å². The highest BCUT2D eigenvalue weighted by atomic mass is 127. The third-order valence-electron chi connectivity index (χ3n) is 9.24. The number of methoxy groups -OCH3 is 1. The molecule has 0 radical (unpaired) electrons. The number of carboxylic acid groups (broad SMARTS) is 2. The summed E-state index contributed by atoms with van der Waals surface area (Å²) in [5.41, 5.74) is 2.14. The number of imide groups is 1. The van der Waals surface area contributed by atoms with Crippen LogP contribution < -0.4 is 24.4 Å². The monoisotopic (exact) mass is 1120 g/mol. The van der Waals surface area contributed by atoms with Crippen LogP contribution in [-0.2, 0) is 33.9 Å². The highest BCUT2D eigenvalue weighted by Gasteiger charge is 2.39. The molecule has 2 aliphatic rings. The maximum absolute atomic E-state index is 12.7. The number of pyridine rings is 1. The number of benzene rings is 3. The molecule has 4 N–H and O–H groups in total. The van der Waals surface area contributed by atoms with Gasteiger partial charge in [-0.2, -0.15) is 15.0 Å². The molecule has 0 fully saturated rings. The van der Waals surface area contributed by atoms with Crippen LogP contribution in [0.4, 0.5) is 16.4 Å². The topological polar surface area (TPSA) is 284 Å². The van der Waals surface area contributed by atoms with Crippen LogP contribution in [0.3, 0.4) is 0 Å². The van der Waals surface area contributed by atoms with Crippen LogP contribution in [0.1, 0.15) is 54.4 Å². The van der Waals surface area contributed by atoms with E-state index >= 15 is 0 Å². The molecule has 4 amide bonds. The fourth-order valence-corrected chi connectivity index (χ4v) is 8.72. The molecule has 0 bridgehead atoms. The lowest BCUT2D eigenvalue weighted by Gasteiger charge is -2.16. The molecule has 1 aliphatic carbocycles. The molecule has 3 aromatic carbocycles. The molecule has 0 saturated carbocycles. The lowest BCUT2D eigenvalue weighted by molar-refractivity contribution is -0.139. The van der Waals surface area contributed by atoms with Gasteiger partial charge < -0.3 is 24.4 Å². The normalized spacial score (nSPS) is 13.3. The van der Waals surface area contributed by atoms with E-state index in [2.05, 4.69) is 25.3 Å². The number of anilines is 2. The van der Waals surface area contributed by atoms with Gasteiger partial charge in [-0.3, -0.25) is 19.9 Å². The van der Waals surface area contributed by atoms with Crippen LogP contribution in [0.25, 0.3) is 17.0 Å². The van der Waals surface area contributed by atoms with Gasteiger partial charge in [-0.1, -0.05) is 34.8 Å². The van der Waals surface area contributed by atoms with Crippen molar-refractivity contribution in [3.63, 3.8) is 0 Å². The van der Waals surface area contributed by atoms with Crippen molar-refractivity contribution < 1.29 is 61.6 Å². The van der Waals surface area contributed by atoms with Crippen molar-refractivity contribution in [3.05, 3.63) is 114 Å². The number of aryl methyl sites for hydroxylation is 1. The number of halogens is 4. The van der Waals surface area contributed by atoms with Crippen molar-refractivity contribution in [2.75, 3.05) is 30.5 Å². The van der Waals surface area contributed by atoms with Gasteiger partial charge in [0.2, 0.25) is 5.95 Å². The number of ether oxygens (including phenoxy) is 3. The molecule has 0 saturated heterocycles. The number of nitrogens with one attached hydrogen (secondary N) is 2. The summed E-state index contributed by atoms with van der Waals surface area (Å²) in [4.78, 5) is 86.8. The van der Waals surface area contributed by atoms with Crippen LogP contribution in [0, 0.1) is 10.5 Å². The number of hydrogen-bond acceptors (Lipinski definition) is 15. The summed E-state index contributed by atoms with van der Waals surface area (Å²) >= 11 is 19.9. The zero-order valence-electron chi connectivity index (χ0n) is 35.7. The molecule has 356 valence electrons. The van der Waals surface area contributed by atoms with Crippen molar-refractivity contribution in [1.29, 1.82) is 0 Å². The summed E-state index contributed by atoms with van der Waals surface area (Å²) in [6, 6.07) is 14.0. The first kappa shape index (κ1) is 52.5. The Morgan fingerprint density at radius 1 is 0.926 bits per heavy atom. The Hall–Kier alpha value is -6.47. The van der Waals surface area contributed by atoms with Crippen molar-refractivity contribution in [1.82, 2.24) is 24.7 Å². The van der Waals surface area contributed by atoms with E-state index in [-0.39, 0.29) is 41.2 Å². The standard InChI is InChI=1S/C19H17Cl2NO4.C13H12IN5O6S.C11H8ClNO3/c1-2-26-19(25)16(21)10-11-9-12(7-8-15(11)20)22-17(23)13-5-3-4-6-14(13)18(22)24;1-6-15-11(18-13(16-6)25-2)17-12(22)19-26(23,24)9-5-7(14)3-4-8(9)10(20)21;12-8-3-4-9(16-6-10(14)15)11-7(8)2-1-5-13-11/h7-10H,2-6H2,1H3;3-5H,1-2H3,(H,20,21)(H2,15,16,17,18,19,22);1-5H,6H2,(H,14,15)/b16-10-;;. The lowest BCUT2D eigenvalue weighted by Crippen LogP contribution is -2.35. The van der Waals surface area contributed by atoms with Gasteiger partial charge in [0.05, 0.1) is 30.0 Å². The zero-order valence-corrected chi connectivity index (χ0v) is 41.0. The molecular weight excluding hydrogens is 1090 g/mol. The minimum absolute atomic E-state index is 0.0681. The van der Waals surface area contributed by atoms with Gasteiger partial charge >= 0.3 is 29.9 Å². The number of carbonyl (C=O) groups excluding carboxylic acids is 4. The number of hydrogen-bond donors (Lipinski definition) is 4. The third kappa shape index (κ3) is 13.4.